The number of esters is 1. The summed E-state index contributed by atoms with van der Waals surface area (Å²) in [7, 11) is -3.81. The number of aryl methyl sites for hydroxylation is 1. The number of hydrogen-bond donors (Lipinski definition) is 0. The predicted octanol–water partition coefficient (Wildman–Crippen LogP) is 4.70. The van der Waals surface area contributed by atoms with Crippen LogP contribution < -0.4 is 0 Å². The number of benzene rings is 3. The molecule has 162 valence electrons. The van der Waals surface area contributed by atoms with Gasteiger partial charge in [0, 0.05) is 13.1 Å². The van der Waals surface area contributed by atoms with Gasteiger partial charge in [-0.05, 0) is 61.4 Å². The molecule has 0 fully saturated rings. The van der Waals surface area contributed by atoms with Gasteiger partial charge in [-0.15, -0.1) is 0 Å². The van der Waals surface area contributed by atoms with Crippen LogP contribution in [-0.2, 0) is 27.8 Å². The molecule has 0 saturated heterocycles. The first-order chi connectivity index (χ1) is 14.8. The highest BCUT2D eigenvalue weighted by atomic mass is 32.2. The number of nitrogens with zero attached hydrogens (tertiary/aromatic N) is 1. The fourth-order valence-corrected chi connectivity index (χ4v) is 4.46. The largest absolute Gasteiger partial charge is 0.462 e. The Balaban J connectivity index is 1.90. The number of sulfonamides is 1. The molecule has 31 heavy (non-hydrogen) atoms. The van der Waals surface area contributed by atoms with Gasteiger partial charge in [-0.2, -0.15) is 4.31 Å². The quantitative estimate of drug-likeness (QED) is 0.475. The second kappa shape index (κ2) is 9.85. The Kier molecular flexibility index (Phi) is 7.20. The molecular weight excluding hydrogens is 417 g/mol. The highest BCUT2D eigenvalue weighted by molar-refractivity contribution is 7.89. The van der Waals surface area contributed by atoms with E-state index in [4.69, 9.17) is 4.74 Å². The van der Waals surface area contributed by atoms with Crippen molar-refractivity contribution in [3.63, 3.8) is 0 Å². The van der Waals surface area contributed by atoms with Crippen LogP contribution in [0, 0.1) is 12.7 Å². The van der Waals surface area contributed by atoms with E-state index in [2.05, 4.69) is 0 Å². The first kappa shape index (κ1) is 22.7. The standard InChI is InChI=1S/C24H24FNO4S/c1-3-30-24(27)21-10-6-19(7-11-21)16-26(17-20-8-12-22(25)13-9-20)31(28,29)23-14-4-18(2)5-15-23/h4-15H,3,16-17H2,1-2H3. The minimum absolute atomic E-state index is 0.0795. The molecule has 3 aromatic carbocycles. The summed E-state index contributed by atoms with van der Waals surface area (Å²) in [5.41, 5.74) is 2.74. The molecule has 0 N–H and O–H groups in total. The number of carbonyl (C=O) groups excluding carboxylic acids is 1. The second-order valence-electron chi connectivity index (χ2n) is 7.13. The van der Waals surface area contributed by atoms with E-state index in [1.807, 2.05) is 6.92 Å². The van der Waals surface area contributed by atoms with Gasteiger partial charge in [0.25, 0.3) is 0 Å². The monoisotopic (exact) mass is 441 g/mol. The van der Waals surface area contributed by atoms with Crippen LogP contribution in [0.5, 0.6) is 0 Å². The molecule has 0 aliphatic rings. The van der Waals surface area contributed by atoms with E-state index in [1.54, 1.807) is 67.6 Å². The molecule has 0 atom stereocenters. The van der Waals surface area contributed by atoms with Crippen LogP contribution in [0.2, 0.25) is 0 Å². The van der Waals surface area contributed by atoms with Crippen molar-refractivity contribution in [2.45, 2.75) is 31.8 Å². The summed E-state index contributed by atoms with van der Waals surface area (Å²) in [6.45, 7) is 4.07. The summed E-state index contributed by atoms with van der Waals surface area (Å²) in [6.07, 6.45) is 0. The smallest absolute Gasteiger partial charge is 0.338 e. The van der Waals surface area contributed by atoms with Crippen molar-refractivity contribution >= 4 is 16.0 Å². The Morgan fingerprint density at radius 1 is 0.871 bits per heavy atom. The van der Waals surface area contributed by atoms with Crippen LogP contribution in [0.3, 0.4) is 0 Å². The van der Waals surface area contributed by atoms with Gasteiger partial charge in [-0.25, -0.2) is 17.6 Å². The first-order valence-corrected chi connectivity index (χ1v) is 11.3. The minimum Gasteiger partial charge on any atom is -0.462 e. The van der Waals surface area contributed by atoms with Crippen molar-refractivity contribution in [1.82, 2.24) is 4.31 Å². The summed E-state index contributed by atoms with van der Waals surface area (Å²) in [6, 6.07) is 19.0. The van der Waals surface area contributed by atoms with E-state index in [0.29, 0.717) is 16.7 Å². The van der Waals surface area contributed by atoms with E-state index in [1.165, 1.54) is 16.4 Å². The fourth-order valence-electron chi connectivity index (χ4n) is 3.04. The van der Waals surface area contributed by atoms with Gasteiger partial charge >= 0.3 is 5.97 Å². The molecule has 0 bridgehead atoms. The van der Waals surface area contributed by atoms with E-state index >= 15 is 0 Å². The molecule has 0 amide bonds. The minimum atomic E-state index is -3.81. The van der Waals surface area contributed by atoms with Crippen LogP contribution in [0.4, 0.5) is 4.39 Å². The molecule has 0 unspecified atom stereocenters. The zero-order chi connectivity index (χ0) is 22.4. The lowest BCUT2D eigenvalue weighted by molar-refractivity contribution is 0.0526. The van der Waals surface area contributed by atoms with E-state index in [9.17, 15) is 17.6 Å². The zero-order valence-electron chi connectivity index (χ0n) is 17.4. The summed E-state index contributed by atoms with van der Waals surface area (Å²) >= 11 is 0. The van der Waals surface area contributed by atoms with Crippen LogP contribution in [0.25, 0.3) is 0 Å². The third-order valence-electron chi connectivity index (χ3n) is 4.75. The maximum atomic E-state index is 13.4. The number of carbonyl (C=O) groups is 1. The molecule has 0 radical (unpaired) electrons. The third kappa shape index (κ3) is 5.77. The average molecular weight is 442 g/mol. The highest BCUT2D eigenvalue weighted by Crippen LogP contribution is 2.22. The topological polar surface area (TPSA) is 63.7 Å². The van der Waals surface area contributed by atoms with Crippen LogP contribution in [-0.4, -0.2) is 25.3 Å². The summed E-state index contributed by atoms with van der Waals surface area (Å²) < 4.78 is 46.3. The Bertz CT molecular complexity index is 1130. The summed E-state index contributed by atoms with van der Waals surface area (Å²) in [5.74, 6) is -0.809. The lowest BCUT2D eigenvalue weighted by atomic mass is 10.1. The van der Waals surface area contributed by atoms with Gasteiger partial charge in [0.2, 0.25) is 10.0 Å². The third-order valence-corrected chi connectivity index (χ3v) is 6.56. The molecule has 0 spiro atoms. The number of rotatable bonds is 8. The lowest BCUT2D eigenvalue weighted by Crippen LogP contribution is -2.30. The number of halogens is 1. The van der Waals surface area contributed by atoms with Crippen molar-refractivity contribution < 1.29 is 22.3 Å². The molecule has 5 nitrogen and oxygen atoms in total. The Labute approximate surface area is 182 Å². The zero-order valence-corrected chi connectivity index (χ0v) is 18.2. The number of hydrogen-bond acceptors (Lipinski definition) is 4. The summed E-state index contributed by atoms with van der Waals surface area (Å²) in [5, 5.41) is 0. The van der Waals surface area contributed by atoms with Crippen molar-refractivity contribution in [3.05, 3.63) is 101 Å². The number of ether oxygens (including phenoxy) is 1. The SMILES string of the molecule is CCOC(=O)c1ccc(CN(Cc2ccc(F)cc2)S(=O)(=O)c2ccc(C)cc2)cc1. The van der Waals surface area contributed by atoms with Crippen molar-refractivity contribution in [3.8, 4) is 0 Å². The Morgan fingerprint density at radius 3 is 1.90 bits per heavy atom. The molecule has 7 heteroatoms. The van der Waals surface area contributed by atoms with Crippen LogP contribution >= 0.6 is 0 Å². The predicted molar refractivity (Wildman–Crippen MR) is 116 cm³/mol. The summed E-state index contributed by atoms with van der Waals surface area (Å²) in [4.78, 5) is 12.0. The van der Waals surface area contributed by atoms with Crippen molar-refractivity contribution in [2.75, 3.05) is 6.61 Å². The van der Waals surface area contributed by atoms with Crippen molar-refractivity contribution in [2.24, 2.45) is 0 Å². The second-order valence-corrected chi connectivity index (χ2v) is 9.07. The highest BCUT2D eigenvalue weighted by Gasteiger charge is 2.25. The van der Waals surface area contributed by atoms with E-state index < -0.39 is 16.0 Å². The average Bonchev–Trinajstić information content (AvgIpc) is 2.76. The normalized spacial score (nSPS) is 11.5. The van der Waals surface area contributed by atoms with Crippen molar-refractivity contribution in [1.29, 1.82) is 0 Å². The molecule has 0 aliphatic heterocycles. The van der Waals surface area contributed by atoms with Gasteiger partial charge in [-0.3, -0.25) is 0 Å². The van der Waals surface area contributed by atoms with E-state index in [0.717, 1.165) is 5.56 Å². The lowest BCUT2D eigenvalue weighted by Gasteiger charge is -2.23. The molecule has 0 heterocycles. The molecule has 0 saturated carbocycles. The molecular formula is C24H24FNO4S. The van der Waals surface area contributed by atoms with E-state index in [-0.39, 0.29) is 30.4 Å². The maximum absolute atomic E-state index is 13.4. The molecule has 0 aromatic heterocycles. The van der Waals surface area contributed by atoms with Crippen LogP contribution in [0.1, 0.15) is 34.0 Å². The van der Waals surface area contributed by atoms with Gasteiger partial charge in [0.05, 0.1) is 17.1 Å². The van der Waals surface area contributed by atoms with Crippen LogP contribution in [0.15, 0.2) is 77.7 Å². The van der Waals surface area contributed by atoms with Gasteiger partial charge in [0.1, 0.15) is 5.82 Å². The Hall–Kier alpha value is -3.03. The van der Waals surface area contributed by atoms with Gasteiger partial charge in [-0.1, -0.05) is 42.0 Å². The Morgan fingerprint density at radius 2 is 1.39 bits per heavy atom. The maximum Gasteiger partial charge on any atom is 0.338 e. The molecule has 0 aliphatic carbocycles. The van der Waals surface area contributed by atoms with Gasteiger partial charge in [0.15, 0.2) is 0 Å². The van der Waals surface area contributed by atoms with Gasteiger partial charge < -0.3 is 4.74 Å². The molecule has 3 rings (SSSR count). The fraction of sp³-hybridized carbons (Fsp3) is 0.208. The first-order valence-electron chi connectivity index (χ1n) is 9.87. The molecule has 3 aromatic rings.